The fraction of sp³-hybridized carbons (Fsp3) is 0.833. The third-order valence-corrected chi connectivity index (χ3v) is 5.28. The minimum Gasteiger partial charge on any atom is -0.481 e. The molecule has 1 rings (SSSR count). The topological polar surface area (TPSA) is 123 Å². The van der Waals surface area contributed by atoms with Gasteiger partial charge in [-0.15, -0.1) is 0 Å². The van der Waals surface area contributed by atoms with Crippen molar-refractivity contribution in [1.29, 1.82) is 0 Å². The lowest BCUT2D eigenvalue weighted by Gasteiger charge is -2.29. The maximum atomic E-state index is 12.0. The first kappa shape index (κ1) is 22.4. The number of carboxylic acid groups (broad SMARTS) is 1. The highest BCUT2D eigenvalue weighted by molar-refractivity contribution is 5.76. The Morgan fingerprint density at radius 1 is 1.35 bits per heavy atom. The zero-order valence-corrected chi connectivity index (χ0v) is 16.1. The Hall–Kier alpha value is -1.67. The van der Waals surface area contributed by atoms with Crippen LogP contribution in [0.5, 0.6) is 0 Å². The molecule has 1 saturated carbocycles. The summed E-state index contributed by atoms with van der Waals surface area (Å²) < 4.78 is 0. The Balaban J connectivity index is 2.70. The van der Waals surface area contributed by atoms with Crippen LogP contribution in [0.2, 0.25) is 0 Å². The Kier molecular flexibility index (Phi) is 9.58. The van der Waals surface area contributed by atoms with Crippen LogP contribution in [0.4, 0.5) is 0 Å². The van der Waals surface area contributed by atoms with Gasteiger partial charge in [0.05, 0.1) is 23.9 Å². The maximum Gasteiger partial charge on any atom is 0.312 e. The van der Waals surface area contributed by atoms with E-state index in [1.165, 1.54) is 13.3 Å². The molecular weight excluding hydrogens is 336 g/mol. The lowest BCUT2D eigenvalue weighted by Crippen LogP contribution is -2.39. The summed E-state index contributed by atoms with van der Waals surface area (Å²) in [5.41, 5.74) is 4.32. The van der Waals surface area contributed by atoms with Crippen molar-refractivity contribution in [3.8, 4) is 0 Å². The van der Waals surface area contributed by atoms with Gasteiger partial charge in [0, 0.05) is 20.5 Å². The standard InChI is InChI=1S/C18H34N4O4/c1-4-5-14(7-9-20-13(2)23)6-8-18(17(25)26)11-15(10-16(18)24)21-12-22-19-3/h12,14-16,19,24H,4-11H2,1-3H3,(H,20,23)(H,21,22)(H,25,26). The molecule has 0 saturated heterocycles. The average Bonchev–Trinajstić information content (AvgIpc) is 2.89. The van der Waals surface area contributed by atoms with E-state index in [9.17, 15) is 19.8 Å². The van der Waals surface area contributed by atoms with Crippen LogP contribution in [-0.2, 0) is 9.59 Å². The minimum atomic E-state index is -1.14. The molecule has 0 aromatic rings. The molecule has 0 spiro atoms. The smallest absolute Gasteiger partial charge is 0.312 e. The first-order valence-electron chi connectivity index (χ1n) is 9.45. The van der Waals surface area contributed by atoms with E-state index in [0.29, 0.717) is 31.7 Å². The van der Waals surface area contributed by atoms with E-state index >= 15 is 0 Å². The van der Waals surface area contributed by atoms with E-state index < -0.39 is 17.5 Å². The highest BCUT2D eigenvalue weighted by Gasteiger charge is 2.52. The molecule has 1 aliphatic carbocycles. The Labute approximate surface area is 155 Å². The molecule has 4 atom stereocenters. The van der Waals surface area contributed by atoms with E-state index in [4.69, 9.17) is 0 Å². The highest BCUT2D eigenvalue weighted by Crippen LogP contribution is 2.45. The number of nitrogens with one attached hydrogen (secondary N) is 3. The number of nitrogens with zero attached hydrogens (tertiary/aromatic N) is 1. The van der Waals surface area contributed by atoms with Crippen LogP contribution in [0.25, 0.3) is 0 Å². The Morgan fingerprint density at radius 3 is 2.65 bits per heavy atom. The van der Waals surface area contributed by atoms with Gasteiger partial charge in [-0.2, -0.15) is 0 Å². The predicted molar refractivity (Wildman–Crippen MR) is 101 cm³/mol. The third kappa shape index (κ3) is 6.57. The van der Waals surface area contributed by atoms with E-state index in [1.54, 1.807) is 7.05 Å². The van der Waals surface area contributed by atoms with Crippen molar-refractivity contribution in [3.05, 3.63) is 0 Å². The molecule has 8 heteroatoms. The number of hydrogen-bond acceptors (Lipinski definition) is 5. The maximum absolute atomic E-state index is 12.0. The number of rotatable bonds is 12. The van der Waals surface area contributed by atoms with E-state index in [2.05, 4.69) is 28.1 Å². The molecule has 1 aliphatic rings. The number of carbonyl (C=O) groups is 2. The molecule has 0 aromatic heterocycles. The van der Waals surface area contributed by atoms with Gasteiger partial charge in [0.25, 0.3) is 0 Å². The lowest BCUT2D eigenvalue weighted by atomic mass is 9.76. The molecule has 1 fully saturated rings. The summed E-state index contributed by atoms with van der Waals surface area (Å²) >= 11 is 0. The predicted octanol–water partition coefficient (Wildman–Crippen LogP) is 1.06. The third-order valence-electron chi connectivity index (χ3n) is 5.28. The fourth-order valence-corrected chi connectivity index (χ4v) is 3.80. The number of aliphatic hydroxyl groups excluding tert-OH is 1. The molecule has 0 heterocycles. The second kappa shape index (κ2) is 11.1. The molecule has 0 aromatic carbocycles. The van der Waals surface area contributed by atoms with Crippen molar-refractivity contribution in [2.75, 3.05) is 13.6 Å². The van der Waals surface area contributed by atoms with Gasteiger partial charge in [-0.1, -0.05) is 19.8 Å². The second-order valence-electron chi connectivity index (χ2n) is 7.21. The second-order valence-corrected chi connectivity index (χ2v) is 7.21. The van der Waals surface area contributed by atoms with Gasteiger partial charge in [0.15, 0.2) is 0 Å². The van der Waals surface area contributed by atoms with Crippen LogP contribution >= 0.6 is 0 Å². The number of hydrogen-bond donors (Lipinski definition) is 5. The van der Waals surface area contributed by atoms with Crippen LogP contribution in [0, 0.1) is 11.3 Å². The van der Waals surface area contributed by atoms with E-state index in [-0.39, 0.29) is 11.9 Å². The number of aliphatic carboxylic acids is 1. The summed E-state index contributed by atoms with van der Waals surface area (Å²) in [6.07, 6.45) is 5.29. The zero-order chi connectivity index (χ0) is 19.6. The molecule has 0 aliphatic heterocycles. The molecule has 4 unspecified atom stereocenters. The van der Waals surface area contributed by atoms with Gasteiger partial charge in [-0.05, 0) is 38.0 Å². The number of carboxylic acids is 1. The largest absolute Gasteiger partial charge is 0.481 e. The van der Waals surface area contributed by atoms with Crippen LogP contribution in [0.3, 0.4) is 0 Å². The molecule has 0 bridgehead atoms. The summed E-state index contributed by atoms with van der Waals surface area (Å²) in [5.74, 6) is -0.658. The summed E-state index contributed by atoms with van der Waals surface area (Å²) in [7, 11) is 1.71. The number of carbonyl (C=O) groups excluding carboxylic acids is 1. The average molecular weight is 370 g/mol. The molecule has 0 radical (unpaired) electrons. The van der Waals surface area contributed by atoms with Gasteiger partial charge < -0.3 is 21.0 Å². The number of aliphatic imine (C=N–C) groups is 1. The summed E-state index contributed by atoms with van der Waals surface area (Å²) in [6, 6.07) is -0.203. The van der Waals surface area contributed by atoms with Crippen LogP contribution < -0.4 is 16.2 Å². The number of aliphatic hydroxyl groups is 1. The van der Waals surface area contributed by atoms with Crippen LogP contribution in [0.1, 0.15) is 58.8 Å². The van der Waals surface area contributed by atoms with Gasteiger partial charge in [0.1, 0.15) is 0 Å². The molecule has 1 amide bonds. The molecule has 8 nitrogen and oxygen atoms in total. The minimum absolute atomic E-state index is 0.0515. The van der Waals surface area contributed by atoms with Gasteiger partial charge in [0.2, 0.25) is 5.91 Å². The first-order valence-corrected chi connectivity index (χ1v) is 9.45. The molecule has 5 N–H and O–H groups in total. The number of hydrazine groups is 1. The lowest BCUT2D eigenvalue weighted by molar-refractivity contribution is -0.155. The summed E-state index contributed by atoms with van der Waals surface area (Å²) in [4.78, 5) is 27.3. The monoisotopic (exact) mass is 370 g/mol. The van der Waals surface area contributed by atoms with Crippen molar-refractivity contribution >= 4 is 18.2 Å². The van der Waals surface area contributed by atoms with Crippen molar-refractivity contribution in [2.45, 2.75) is 70.9 Å². The Morgan fingerprint density at radius 2 is 2.08 bits per heavy atom. The van der Waals surface area contributed by atoms with Crippen molar-refractivity contribution in [1.82, 2.24) is 16.2 Å². The summed E-state index contributed by atoms with van der Waals surface area (Å²) in [6.45, 7) is 4.19. The molecular formula is C18H34N4O4. The van der Waals surface area contributed by atoms with Gasteiger partial charge in [-0.3, -0.25) is 14.6 Å². The highest BCUT2D eigenvalue weighted by atomic mass is 16.4. The quantitative estimate of drug-likeness (QED) is 0.199. The van der Waals surface area contributed by atoms with Crippen LogP contribution in [0.15, 0.2) is 4.99 Å². The van der Waals surface area contributed by atoms with Crippen LogP contribution in [-0.4, -0.2) is 54.2 Å². The van der Waals surface area contributed by atoms with E-state index in [1.807, 2.05) is 0 Å². The van der Waals surface area contributed by atoms with Crippen molar-refractivity contribution in [2.24, 2.45) is 16.3 Å². The SMILES string of the molecule is CCCC(CCNC(C)=O)CCC1(C(=O)O)CC(N=CNNC)CC1O. The van der Waals surface area contributed by atoms with Crippen molar-refractivity contribution in [3.63, 3.8) is 0 Å². The fourth-order valence-electron chi connectivity index (χ4n) is 3.80. The number of amides is 1. The molecule has 150 valence electrons. The first-order chi connectivity index (χ1) is 12.4. The summed E-state index contributed by atoms with van der Waals surface area (Å²) in [5, 5.41) is 23.1. The zero-order valence-electron chi connectivity index (χ0n) is 16.1. The molecule has 26 heavy (non-hydrogen) atoms. The normalized spacial score (nSPS) is 26.8. The Bertz CT molecular complexity index is 486. The van der Waals surface area contributed by atoms with Gasteiger partial charge >= 0.3 is 5.97 Å². The van der Waals surface area contributed by atoms with Crippen molar-refractivity contribution < 1.29 is 19.8 Å². The van der Waals surface area contributed by atoms with Gasteiger partial charge in [-0.25, -0.2) is 5.43 Å². The van der Waals surface area contributed by atoms with E-state index in [0.717, 1.165) is 25.7 Å².